The number of hydrogen-bond acceptors (Lipinski definition) is 2. The van der Waals surface area contributed by atoms with Crippen molar-refractivity contribution in [3.05, 3.63) is 71.8 Å². The summed E-state index contributed by atoms with van der Waals surface area (Å²) >= 11 is 0. The highest BCUT2D eigenvalue weighted by Gasteiger charge is 2.17. The lowest BCUT2D eigenvalue weighted by Crippen LogP contribution is -2.07. The van der Waals surface area contributed by atoms with Crippen molar-refractivity contribution in [1.29, 1.82) is 0 Å². The maximum atomic E-state index is 12.9. The number of pyridine rings is 1. The van der Waals surface area contributed by atoms with Crippen molar-refractivity contribution in [3.63, 3.8) is 0 Å². The van der Waals surface area contributed by atoms with Crippen LogP contribution in [0.1, 0.15) is 16.1 Å². The van der Waals surface area contributed by atoms with E-state index in [1.165, 1.54) is 24.3 Å². The van der Waals surface area contributed by atoms with Gasteiger partial charge in [0.15, 0.2) is 0 Å². The van der Waals surface area contributed by atoms with Gasteiger partial charge in [-0.1, -0.05) is 6.07 Å². The van der Waals surface area contributed by atoms with Gasteiger partial charge < -0.3 is 10.1 Å². The van der Waals surface area contributed by atoms with Crippen LogP contribution in [0.25, 0.3) is 5.52 Å². The molecule has 0 bridgehead atoms. The van der Waals surface area contributed by atoms with Crippen LogP contribution >= 0.6 is 0 Å². The molecule has 2 aromatic heterocycles. The van der Waals surface area contributed by atoms with Gasteiger partial charge in [0, 0.05) is 17.3 Å². The second kappa shape index (κ2) is 4.24. The Hall–Kier alpha value is -2.62. The number of ketones is 1. The van der Waals surface area contributed by atoms with Gasteiger partial charge in [-0.3, -0.25) is 4.79 Å². The molecule has 4 heteroatoms. The summed E-state index contributed by atoms with van der Waals surface area (Å²) in [5.41, 5.74) is 7.99. The van der Waals surface area contributed by atoms with E-state index < -0.39 is 0 Å². The smallest absolute Gasteiger partial charge is 0.211 e. The zero-order chi connectivity index (χ0) is 13.4. The molecule has 0 amide bonds. The Labute approximate surface area is 109 Å². The molecule has 0 saturated heterocycles. The zero-order valence-corrected chi connectivity index (χ0v) is 10.0. The van der Waals surface area contributed by atoms with Gasteiger partial charge in [0.05, 0.1) is 5.69 Å². The van der Waals surface area contributed by atoms with E-state index in [9.17, 15) is 9.18 Å². The number of nitrogen functional groups attached to an aromatic ring is 1. The number of carbonyl (C=O) groups excluding carboxylic acids is 1. The second-order valence-electron chi connectivity index (χ2n) is 4.28. The molecular weight excluding hydrogens is 243 g/mol. The number of fused-ring (bicyclic) bond motifs is 1. The second-order valence-corrected chi connectivity index (χ2v) is 4.28. The number of aromatic nitrogens is 1. The molecule has 0 saturated carbocycles. The average molecular weight is 254 g/mol. The first-order chi connectivity index (χ1) is 9.16. The van der Waals surface area contributed by atoms with E-state index in [-0.39, 0.29) is 11.6 Å². The van der Waals surface area contributed by atoms with Crippen LogP contribution < -0.4 is 5.73 Å². The van der Waals surface area contributed by atoms with Crippen molar-refractivity contribution < 1.29 is 9.18 Å². The minimum absolute atomic E-state index is 0.219. The Morgan fingerprint density at radius 1 is 1.11 bits per heavy atom. The van der Waals surface area contributed by atoms with E-state index in [2.05, 4.69) is 0 Å². The Bertz CT molecular complexity index is 759. The normalized spacial score (nSPS) is 10.8. The lowest BCUT2D eigenvalue weighted by molar-refractivity contribution is 0.103. The number of nitrogens with two attached hydrogens (primary N) is 1. The molecule has 0 spiro atoms. The summed E-state index contributed by atoms with van der Waals surface area (Å²) in [5, 5.41) is 0. The average Bonchev–Trinajstić information content (AvgIpc) is 2.74. The zero-order valence-electron chi connectivity index (χ0n) is 10.0. The summed E-state index contributed by atoms with van der Waals surface area (Å²) in [7, 11) is 0. The van der Waals surface area contributed by atoms with E-state index in [1.54, 1.807) is 16.7 Å². The summed E-state index contributed by atoms with van der Waals surface area (Å²) in [6.07, 6.45) is 1.78. The number of hydrogen-bond donors (Lipinski definition) is 1. The van der Waals surface area contributed by atoms with E-state index in [0.717, 1.165) is 5.52 Å². The van der Waals surface area contributed by atoms with E-state index >= 15 is 0 Å². The van der Waals surface area contributed by atoms with Crippen molar-refractivity contribution >= 4 is 17.0 Å². The van der Waals surface area contributed by atoms with Gasteiger partial charge >= 0.3 is 0 Å². The van der Waals surface area contributed by atoms with E-state index in [4.69, 9.17) is 5.73 Å². The molecule has 0 radical (unpaired) electrons. The van der Waals surface area contributed by atoms with Gasteiger partial charge in [-0.05, 0) is 42.5 Å². The van der Waals surface area contributed by atoms with Gasteiger partial charge in [-0.15, -0.1) is 0 Å². The summed E-state index contributed by atoms with van der Waals surface area (Å²) in [5.74, 6) is -0.590. The van der Waals surface area contributed by atoms with Gasteiger partial charge in [-0.2, -0.15) is 0 Å². The number of rotatable bonds is 2. The minimum Gasteiger partial charge on any atom is -0.397 e. The highest BCUT2D eigenvalue weighted by Crippen LogP contribution is 2.22. The summed E-state index contributed by atoms with van der Waals surface area (Å²) in [4.78, 5) is 12.4. The third-order valence-electron chi connectivity index (χ3n) is 3.03. The Balaban J connectivity index is 2.16. The molecule has 94 valence electrons. The Morgan fingerprint density at radius 3 is 2.58 bits per heavy atom. The first-order valence-corrected chi connectivity index (χ1v) is 5.82. The van der Waals surface area contributed by atoms with Crippen molar-refractivity contribution in [2.75, 3.05) is 5.73 Å². The predicted molar refractivity (Wildman–Crippen MR) is 71.6 cm³/mol. The molecule has 2 N–H and O–H groups in total. The van der Waals surface area contributed by atoms with E-state index in [1.807, 2.05) is 18.2 Å². The fourth-order valence-corrected chi connectivity index (χ4v) is 2.12. The molecule has 0 atom stereocenters. The molecular formula is C15H11FN2O. The largest absolute Gasteiger partial charge is 0.397 e. The van der Waals surface area contributed by atoms with Crippen LogP contribution in [0.4, 0.5) is 10.1 Å². The fraction of sp³-hybridized carbons (Fsp3) is 0. The quantitative estimate of drug-likeness (QED) is 0.715. The first-order valence-electron chi connectivity index (χ1n) is 5.82. The van der Waals surface area contributed by atoms with Crippen molar-refractivity contribution in [2.45, 2.75) is 0 Å². The maximum absolute atomic E-state index is 12.9. The summed E-state index contributed by atoms with van der Waals surface area (Å²) in [6.45, 7) is 0. The van der Waals surface area contributed by atoms with Crippen LogP contribution in [0.15, 0.2) is 54.7 Å². The monoisotopic (exact) mass is 254 g/mol. The summed E-state index contributed by atoms with van der Waals surface area (Å²) < 4.78 is 14.6. The van der Waals surface area contributed by atoms with E-state index in [0.29, 0.717) is 16.9 Å². The van der Waals surface area contributed by atoms with Crippen molar-refractivity contribution in [3.8, 4) is 0 Å². The van der Waals surface area contributed by atoms with Gasteiger partial charge in [0.1, 0.15) is 11.5 Å². The molecule has 1 aromatic carbocycles. The number of carbonyl (C=O) groups is 1. The molecule has 3 aromatic rings. The van der Waals surface area contributed by atoms with Crippen LogP contribution in [-0.2, 0) is 0 Å². The highest BCUT2D eigenvalue weighted by molar-refractivity contribution is 6.11. The molecule has 3 rings (SSSR count). The number of halogens is 1. The highest BCUT2D eigenvalue weighted by atomic mass is 19.1. The molecule has 3 nitrogen and oxygen atoms in total. The minimum atomic E-state index is -0.371. The molecule has 0 unspecified atom stereocenters. The van der Waals surface area contributed by atoms with Gasteiger partial charge in [0.2, 0.25) is 5.78 Å². The van der Waals surface area contributed by atoms with Gasteiger partial charge in [0.25, 0.3) is 0 Å². The molecule has 0 aliphatic carbocycles. The molecule has 0 aliphatic heterocycles. The summed E-state index contributed by atoms with van der Waals surface area (Å²) in [6, 6.07) is 12.8. The lowest BCUT2D eigenvalue weighted by Gasteiger charge is -2.03. The number of benzene rings is 1. The topological polar surface area (TPSA) is 47.5 Å². The SMILES string of the molecule is Nc1cc2ccccn2c1C(=O)c1ccc(F)cc1. The number of anilines is 1. The lowest BCUT2D eigenvalue weighted by atomic mass is 10.1. The van der Waals surface area contributed by atoms with Crippen LogP contribution in [0.5, 0.6) is 0 Å². The third kappa shape index (κ3) is 1.87. The van der Waals surface area contributed by atoms with Crippen molar-refractivity contribution in [1.82, 2.24) is 4.40 Å². The molecule has 0 fully saturated rings. The third-order valence-corrected chi connectivity index (χ3v) is 3.03. The van der Waals surface area contributed by atoms with Crippen LogP contribution in [0.2, 0.25) is 0 Å². The Morgan fingerprint density at radius 2 is 1.84 bits per heavy atom. The van der Waals surface area contributed by atoms with Gasteiger partial charge in [-0.25, -0.2) is 4.39 Å². The standard InChI is InChI=1S/C15H11FN2O/c16-11-6-4-10(5-7-11)15(19)14-13(17)9-12-3-1-2-8-18(12)14/h1-9H,17H2. The van der Waals surface area contributed by atoms with Crippen molar-refractivity contribution in [2.24, 2.45) is 0 Å². The first kappa shape index (κ1) is 11.5. The molecule has 2 heterocycles. The maximum Gasteiger partial charge on any atom is 0.211 e. The molecule has 0 aliphatic rings. The Kier molecular flexibility index (Phi) is 2.56. The van der Waals surface area contributed by atoms with Crippen LogP contribution in [0, 0.1) is 5.82 Å². The fourth-order valence-electron chi connectivity index (χ4n) is 2.12. The van der Waals surface area contributed by atoms with Crippen LogP contribution in [-0.4, -0.2) is 10.2 Å². The van der Waals surface area contributed by atoms with Crippen LogP contribution in [0.3, 0.4) is 0 Å². The predicted octanol–water partition coefficient (Wildman–Crippen LogP) is 2.89. The number of nitrogens with zero attached hydrogens (tertiary/aromatic N) is 1. The molecule has 19 heavy (non-hydrogen) atoms.